The number of hydrogen-bond donors (Lipinski definition) is 2. The lowest BCUT2D eigenvalue weighted by molar-refractivity contribution is 0.00590. The van der Waals surface area contributed by atoms with Crippen molar-refractivity contribution in [3.05, 3.63) is 59.7 Å². The van der Waals surface area contributed by atoms with Crippen LogP contribution in [0.1, 0.15) is 24.0 Å². The Labute approximate surface area is 120 Å². The maximum absolute atomic E-state index is 10.8. The molecule has 0 radical (unpaired) electrons. The topological polar surface area (TPSA) is 32.3 Å². The molecule has 1 saturated heterocycles. The third-order valence-electron chi connectivity index (χ3n) is 4.28. The van der Waals surface area contributed by atoms with Crippen molar-refractivity contribution in [1.82, 2.24) is 5.32 Å². The normalized spacial score (nSPS) is 17.9. The van der Waals surface area contributed by atoms with Crippen LogP contribution in [-0.2, 0) is 5.60 Å². The highest BCUT2D eigenvalue weighted by Crippen LogP contribution is 2.33. The van der Waals surface area contributed by atoms with E-state index in [2.05, 4.69) is 54.7 Å². The van der Waals surface area contributed by atoms with Gasteiger partial charge in [0.25, 0.3) is 0 Å². The molecule has 0 aliphatic carbocycles. The first-order valence-corrected chi connectivity index (χ1v) is 7.29. The van der Waals surface area contributed by atoms with Gasteiger partial charge < -0.3 is 10.4 Å². The fourth-order valence-electron chi connectivity index (χ4n) is 3.02. The van der Waals surface area contributed by atoms with Crippen molar-refractivity contribution in [3.63, 3.8) is 0 Å². The summed E-state index contributed by atoms with van der Waals surface area (Å²) in [5.74, 6) is 0. The molecule has 20 heavy (non-hydrogen) atoms. The second kappa shape index (κ2) is 5.39. The van der Waals surface area contributed by atoms with Crippen molar-refractivity contribution < 1.29 is 5.11 Å². The molecule has 0 aromatic heterocycles. The average molecular weight is 267 g/mol. The molecule has 2 nitrogen and oxygen atoms in total. The van der Waals surface area contributed by atoms with Crippen molar-refractivity contribution in [2.45, 2.75) is 25.4 Å². The van der Waals surface area contributed by atoms with E-state index in [9.17, 15) is 5.11 Å². The molecule has 2 N–H and O–H groups in total. The summed E-state index contributed by atoms with van der Waals surface area (Å²) in [5.41, 5.74) is 4.09. The Kier molecular flexibility index (Phi) is 3.60. The summed E-state index contributed by atoms with van der Waals surface area (Å²) in [7, 11) is 0. The lowest BCUT2D eigenvalue weighted by Gasteiger charge is -2.33. The van der Waals surface area contributed by atoms with Crippen molar-refractivity contribution in [2.75, 3.05) is 13.1 Å². The molecule has 2 aromatic carbocycles. The second-order valence-corrected chi connectivity index (χ2v) is 5.68. The van der Waals surface area contributed by atoms with Gasteiger partial charge in [0.05, 0.1) is 5.60 Å². The van der Waals surface area contributed by atoms with E-state index in [4.69, 9.17) is 0 Å². The Bertz CT molecular complexity index is 586. The summed E-state index contributed by atoms with van der Waals surface area (Å²) in [4.78, 5) is 0. The predicted molar refractivity (Wildman–Crippen MR) is 82.6 cm³/mol. The minimum atomic E-state index is -0.661. The number of aliphatic hydroxyl groups is 1. The Morgan fingerprint density at radius 3 is 2.35 bits per heavy atom. The molecule has 0 amide bonds. The minimum Gasteiger partial charge on any atom is -0.385 e. The number of rotatable bonds is 2. The van der Waals surface area contributed by atoms with Crippen LogP contribution >= 0.6 is 0 Å². The average Bonchev–Trinajstić information content (AvgIpc) is 2.49. The number of nitrogens with one attached hydrogen (secondary N) is 1. The minimum absolute atomic E-state index is 0.661. The first kappa shape index (κ1) is 13.3. The van der Waals surface area contributed by atoms with Gasteiger partial charge in [-0.25, -0.2) is 0 Å². The number of aryl methyl sites for hydroxylation is 1. The van der Waals surface area contributed by atoms with Gasteiger partial charge in [-0.1, -0.05) is 48.5 Å². The van der Waals surface area contributed by atoms with Crippen LogP contribution in [0.3, 0.4) is 0 Å². The standard InChI is InChI=1S/C18H21NO/c1-14-13-16(18(20)9-11-19-12-10-18)7-8-17(14)15-5-3-2-4-6-15/h2-8,13,19-20H,9-12H2,1H3. The maximum Gasteiger partial charge on any atom is 0.0920 e. The van der Waals surface area contributed by atoms with Gasteiger partial charge in [0.15, 0.2) is 0 Å². The largest absolute Gasteiger partial charge is 0.385 e. The van der Waals surface area contributed by atoms with E-state index in [1.807, 2.05) is 6.07 Å². The van der Waals surface area contributed by atoms with Gasteiger partial charge in [-0.3, -0.25) is 0 Å². The highest BCUT2D eigenvalue weighted by Gasteiger charge is 2.31. The molecule has 104 valence electrons. The molecule has 0 spiro atoms. The fourth-order valence-corrected chi connectivity index (χ4v) is 3.02. The van der Waals surface area contributed by atoms with Gasteiger partial charge in [-0.05, 0) is 55.1 Å². The summed E-state index contributed by atoms with van der Waals surface area (Å²) in [5, 5.41) is 14.1. The van der Waals surface area contributed by atoms with E-state index in [1.54, 1.807) is 0 Å². The lowest BCUT2D eigenvalue weighted by atomic mass is 9.83. The number of hydrogen-bond acceptors (Lipinski definition) is 2. The zero-order chi connectivity index (χ0) is 14.0. The van der Waals surface area contributed by atoms with E-state index in [0.717, 1.165) is 31.5 Å². The summed E-state index contributed by atoms with van der Waals surface area (Å²) in [6, 6.07) is 16.8. The molecule has 2 heteroatoms. The third-order valence-corrected chi connectivity index (χ3v) is 4.28. The Morgan fingerprint density at radius 1 is 1.00 bits per heavy atom. The summed E-state index contributed by atoms with van der Waals surface area (Å²) in [6.45, 7) is 3.89. The molecular formula is C18H21NO. The monoisotopic (exact) mass is 267 g/mol. The molecule has 1 aliphatic heterocycles. The van der Waals surface area contributed by atoms with Crippen LogP contribution in [0.25, 0.3) is 11.1 Å². The van der Waals surface area contributed by atoms with Crippen LogP contribution < -0.4 is 5.32 Å². The second-order valence-electron chi connectivity index (χ2n) is 5.68. The quantitative estimate of drug-likeness (QED) is 0.875. The van der Waals surface area contributed by atoms with Crippen LogP contribution in [0.2, 0.25) is 0 Å². The smallest absolute Gasteiger partial charge is 0.0920 e. The molecule has 0 atom stereocenters. The molecule has 1 fully saturated rings. The van der Waals surface area contributed by atoms with E-state index in [-0.39, 0.29) is 0 Å². The van der Waals surface area contributed by atoms with E-state index < -0.39 is 5.60 Å². The summed E-state index contributed by atoms with van der Waals surface area (Å²) < 4.78 is 0. The van der Waals surface area contributed by atoms with Gasteiger partial charge >= 0.3 is 0 Å². The van der Waals surface area contributed by atoms with Crippen molar-refractivity contribution in [1.29, 1.82) is 0 Å². The zero-order valence-corrected chi connectivity index (χ0v) is 11.9. The van der Waals surface area contributed by atoms with Crippen LogP contribution in [0, 0.1) is 6.92 Å². The van der Waals surface area contributed by atoms with Gasteiger partial charge in [-0.2, -0.15) is 0 Å². The lowest BCUT2D eigenvalue weighted by Crippen LogP contribution is -2.39. The van der Waals surface area contributed by atoms with Crippen molar-refractivity contribution in [2.24, 2.45) is 0 Å². The van der Waals surface area contributed by atoms with Gasteiger partial charge in [0.2, 0.25) is 0 Å². The van der Waals surface area contributed by atoms with Crippen LogP contribution in [0.4, 0.5) is 0 Å². The SMILES string of the molecule is Cc1cc(C2(O)CCNCC2)ccc1-c1ccccc1. The summed E-state index contributed by atoms with van der Waals surface area (Å²) >= 11 is 0. The third kappa shape index (κ3) is 2.49. The molecule has 0 saturated carbocycles. The van der Waals surface area contributed by atoms with Gasteiger partial charge in [0.1, 0.15) is 0 Å². The first-order valence-electron chi connectivity index (χ1n) is 7.29. The Morgan fingerprint density at radius 2 is 1.70 bits per heavy atom. The van der Waals surface area contributed by atoms with Gasteiger partial charge in [-0.15, -0.1) is 0 Å². The molecule has 1 aliphatic rings. The Hall–Kier alpha value is -1.64. The van der Waals surface area contributed by atoms with Crippen molar-refractivity contribution >= 4 is 0 Å². The summed E-state index contributed by atoms with van der Waals surface area (Å²) in [6.07, 6.45) is 1.58. The van der Waals surface area contributed by atoms with Crippen molar-refractivity contribution in [3.8, 4) is 11.1 Å². The number of piperidine rings is 1. The maximum atomic E-state index is 10.8. The highest BCUT2D eigenvalue weighted by atomic mass is 16.3. The first-order chi connectivity index (χ1) is 9.69. The molecule has 0 unspecified atom stereocenters. The molecule has 0 bridgehead atoms. The zero-order valence-electron chi connectivity index (χ0n) is 11.9. The van der Waals surface area contributed by atoms with Crippen LogP contribution in [0.5, 0.6) is 0 Å². The molecular weight excluding hydrogens is 246 g/mol. The number of benzene rings is 2. The van der Waals surface area contributed by atoms with E-state index in [1.165, 1.54) is 16.7 Å². The fraction of sp³-hybridized carbons (Fsp3) is 0.333. The molecule has 3 rings (SSSR count). The highest BCUT2D eigenvalue weighted by molar-refractivity contribution is 5.67. The molecule has 2 aromatic rings. The van der Waals surface area contributed by atoms with Gasteiger partial charge in [0, 0.05) is 0 Å². The van der Waals surface area contributed by atoms with Crippen LogP contribution in [-0.4, -0.2) is 18.2 Å². The predicted octanol–water partition coefficient (Wildman–Crippen LogP) is 3.23. The van der Waals surface area contributed by atoms with E-state index >= 15 is 0 Å². The molecule has 1 heterocycles. The van der Waals surface area contributed by atoms with Crippen LogP contribution in [0.15, 0.2) is 48.5 Å². The Balaban J connectivity index is 1.95. The van der Waals surface area contributed by atoms with E-state index in [0.29, 0.717) is 0 Å².